The highest BCUT2D eigenvalue weighted by molar-refractivity contribution is 6.13. The molecule has 194 valence electrons. The molecule has 0 atom stereocenters. The first-order valence-corrected chi connectivity index (χ1v) is 12.3. The van der Waals surface area contributed by atoms with Crippen molar-refractivity contribution in [1.82, 2.24) is 4.98 Å². The van der Waals surface area contributed by atoms with E-state index in [1.165, 1.54) is 42.8 Å². The van der Waals surface area contributed by atoms with Crippen LogP contribution in [0.25, 0.3) is 22.5 Å². The van der Waals surface area contributed by atoms with Gasteiger partial charge in [0.15, 0.2) is 5.78 Å². The van der Waals surface area contributed by atoms with E-state index in [2.05, 4.69) is 9.88 Å². The van der Waals surface area contributed by atoms with Gasteiger partial charge in [0, 0.05) is 41.7 Å². The summed E-state index contributed by atoms with van der Waals surface area (Å²) in [7, 11) is 0. The lowest BCUT2D eigenvalue weighted by atomic mass is 9.98. The Morgan fingerprint density at radius 3 is 2.18 bits per heavy atom. The molecule has 0 radical (unpaired) electrons. The van der Waals surface area contributed by atoms with Crippen molar-refractivity contribution in [2.75, 3.05) is 18.0 Å². The summed E-state index contributed by atoms with van der Waals surface area (Å²) in [4.78, 5) is 30.2. The zero-order valence-electron chi connectivity index (χ0n) is 20.3. The second-order valence-corrected chi connectivity index (χ2v) is 9.24. The van der Waals surface area contributed by atoms with Crippen LogP contribution in [-0.2, 0) is 6.18 Å². The first-order valence-electron chi connectivity index (χ1n) is 12.3. The topological polar surface area (TPSA) is 79.2 Å². The van der Waals surface area contributed by atoms with Crippen molar-refractivity contribution in [3.05, 3.63) is 106 Å². The van der Waals surface area contributed by atoms with E-state index >= 15 is 0 Å². The van der Waals surface area contributed by atoms with Gasteiger partial charge in [0.05, 0.1) is 21.7 Å². The predicted octanol–water partition coefficient (Wildman–Crippen LogP) is 7.50. The molecular weight excluding hydrogens is 495 g/mol. The molecule has 1 aliphatic heterocycles. The molecule has 5 rings (SSSR count). The highest BCUT2D eigenvalue weighted by Gasteiger charge is 2.30. The minimum atomic E-state index is -4.48. The van der Waals surface area contributed by atoms with E-state index in [-0.39, 0.29) is 28.3 Å². The van der Waals surface area contributed by atoms with Crippen LogP contribution in [0.3, 0.4) is 0 Å². The van der Waals surface area contributed by atoms with Gasteiger partial charge < -0.3 is 9.88 Å². The molecule has 2 heterocycles. The SMILES string of the molecule is O=C(c1ccc(N2CCCCC2)cc1)c1cc(-c2ccc(C(F)(F)F)cc2)[nH]c1-c1ccccc1[N+](=O)[O-]. The normalized spacial score (nSPS) is 13.9. The van der Waals surface area contributed by atoms with E-state index < -0.39 is 16.7 Å². The Hall–Kier alpha value is -4.40. The minimum Gasteiger partial charge on any atom is -0.372 e. The molecule has 4 aromatic rings. The molecule has 3 aromatic carbocycles. The number of carbonyl (C=O) groups is 1. The number of H-pyrrole nitrogens is 1. The number of nitrogens with zero attached hydrogens (tertiary/aromatic N) is 2. The molecule has 1 saturated heterocycles. The van der Waals surface area contributed by atoms with Crippen LogP contribution in [0, 0.1) is 10.1 Å². The molecule has 0 bridgehead atoms. The summed E-state index contributed by atoms with van der Waals surface area (Å²) in [5.74, 6) is -0.349. The van der Waals surface area contributed by atoms with Crippen LogP contribution in [0.5, 0.6) is 0 Å². The maximum Gasteiger partial charge on any atom is 0.416 e. The fourth-order valence-corrected chi connectivity index (χ4v) is 4.82. The van der Waals surface area contributed by atoms with E-state index in [1.807, 2.05) is 12.1 Å². The molecule has 0 aliphatic carbocycles. The summed E-state index contributed by atoms with van der Waals surface area (Å²) < 4.78 is 39.2. The Balaban J connectivity index is 1.56. The summed E-state index contributed by atoms with van der Waals surface area (Å²) in [6, 6.07) is 19.4. The maximum atomic E-state index is 13.7. The van der Waals surface area contributed by atoms with E-state index in [4.69, 9.17) is 0 Å². The van der Waals surface area contributed by atoms with Crippen molar-refractivity contribution in [2.45, 2.75) is 25.4 Å². The summed E-state index contributed by atoms with van der Waals surface area (Å²) in [5.41, 5.74) is 1.88. The Morgan fingerprint density at radius 2 is 1.55 bits per heavy atom. The smallest absolute Gasteiger partial charge is 0.372 e. The van der Waals surface area contributed by atoms with Gasteiger partial charge in [-0.2, -0.15) is 13.2 Å². The van der Waals surface area contributed by atoms with Crippen molar-refractivity contribution < 1.29 is 22.9 Å². The van der Waals surface area contributed by atoms with Gasteiger partial charge in [-0.15, -0.1) is 0 Å². The van der Waals surface area contributed by atoms with Gasteiger partial charge in [-0.3, -0.25) is 14.9 Å². The van der Waals surface area contributed by atoms with Gasteiger partial charge in [0.2, 0.25) is 0 Å². The molecule has 0 unspecified atom stereocenters. The lowest BCUT2D eigenvalue weighted by molar-refractivity contribution is -0.384. The standard InChI is InChI=1S/C29H24F3N3O3/c30-29(31,32)21-12-8-19(9-13-21)25-18-24(27(33-25)23-6-2-3-7-26(23)35(37)38)28(36)20-10-14-22(15-11-20)34-16-4-1-5-17-34/h2-3,6-15,18,33H,1,4-5,16-17H2. The number of rotatable bonds is 6. The molecule has 38 heavy (non-hydrogen) atoms. The summed E-state index contributed by atoms with van der Waals surface area (Å²) in [5, 5.41) is 11.7. The zero-order valence-corrected chi connectivity index (χ0v) is 20.3. The number of aromatic nitrogens is 1. The summed E-state index contributed by atoms with van der Waals surface area (Å²) in [6.07, 6.45) is -1.03. The third-order valence-electron chi connectivity index (χ3n) is 6.81. The van der Waals surface area contributed by atoms with Crippen molar-refractivity contribution in [3.8, 4) is 22.5 Å². The largest absolute Gasteiger partial charge is 0.416 e. The molecule has 0 amide bonds. The van der Waals surface area contributed by atoms with Crippen LogP contribution < -0.4 is 4.90 Å². The highest BCUT2D eigenvalue weighted by Crippen LogP contribution is 2.37. The number of hydrogen-bond donors (Lipinski definition) is 1. The number of benzene rings is 3. The number of halogens is 3. The Bertz CT molecular complexity index is 1470. The number of nitrogens with one attached hydrogen (secondary N) is 1. The van der Waals surface area contributed by atoms with Crippen molar-refractivity contribution in [1.29, 1.82) is 0 Å². The summed E-state index contributed by atoms with van der Waals surface area (Å²) >= 11 is 0. The third kappa shape index (κ3) is 5.04. The number of carbonyl (C=O) groups excluding carboxylic acids is 1. The molecule has 6 nitrogen and oxygen atoms in total. The molecule has 1 aliphatic rings. The number of piperidine rings is 1. The minimum absolute atomic E-state index is 0.192. The quantitative estimate of drug-likeness (QED) is 0.163. The Labute approximate surface area is 216 Å². The molecule has 0 saturated carbocycles. The molecule has 1 N–H and O–H groups in total. The molecule has 9 heteroatoms. The number of hydrogen-bond acceptors (Lipinski definition) is 4. The number of aromatic amines is 1. The predicted molar refractivity (Wildman–Crippen MR) is 139 cm³/mol. The van der Waals surface area contributed by atoms with E-state index in [0.29, 0.717) is 16.8 Å². The third-order valence-corrected chi connectivity index (χ3v) is 6.81. The van der Waals surface area contributed by atoms with Gasteiger partial charge in [0.25, 0.3) is 5.69 Å². The maximum absolute atomic E-state index is 13.7. The van der Waals surface area contributed by atoms with Crippen LogP contribution in [-0.4, -0.2) is 28.8 Å². The number of nitro groups is 1. The monoisotopic (exact) mass is 519 g/mol. The van der Waals surface area contributed by atoms with Gasteiger partial charge in [0.1, 0.15) is 0 Å². The lowest BCUT2D eigenvalue weighted by Crippen LogP contribution is -2.29. The number of ketones is 1. The van der Waals surface area contributed by atoms with E-state index in [0.717, 1.165) is 43.8 Å². The highest BCUT2D eigenvalue weighted by atomic mass is 19.4. The average molecular weight is 520 g/mol. The van der Waals surface area contributed by atoms with Crippen LogP contribution in [0.4, 0.5) is 24.5 Å². The fraction of sp³-hybridized carbons (Fsp3) is 0.207. The molecular formula is C29H24F3N3O3. The first kappa shape index (κ1) is 25.3. The Morgan fingerprint density at radius 1 is 0.895 bits per heavy atom. The average Bonchev–Trinajstić information content (AvgIpc) is 3.38. The van der Waals surface area contributed by atoms with Gasteiger partial charge in [-0.05, 0) is 73.4 Å². The Kier molecular flexibility index (Phi) is 6.75. The zero-order chi connectivity index (χ0) is 26.9. The number of anilines is 1. The summed E-state index contributed by atoms with van der Waals surface area (Å²) in [6.45, 7) is 1.92. The van der Waals surface area contributed by atoms with Gasteiger partial charge >= 0.3 is 6.18 Å². The van der Waals surface area contributed by atoms with Crippen LogP contribution in [0.2, 0.25) is 0 Å². The first-order chi connectivity index (χ1) is 18.2. The van der Waals surface area contributed by atoms with E-state index in [9.17, 15) is 28.1 Å². The molecule has 1 fully saturated rings. The van der Waals surface area contributed by atoms with Crippen LogP contribution in [0.15, 0.2) is 78.9 Å². The van der Waals surface area contributed by atoms with Gasteiger partial charge in [-0.1, -0.05) is 24.3 Å². The van der Waals surface area contributed by atoms with Crippen molar-refractivity contribution >= 4 is 17.2 Å². The molecule has 0 spiro atoms. The van der Waals surface area contributed by atoms with E-state index in [1.54, 1.807) is 18.2 Å². The van der Waals surface area contributed by atoms with Crippen LogP contribution >= 0.6 is 0 Å². The van der Waals surface area contributed by atoms with Crippen molar-refractivity contribution in [2.24, 2.45) is 0 Å². The van der Waals surface area contributed by atoms with Crippen molar-refractivity contribution in [3.63, 3.8) is 0 Å². The number of alkyl halides is 3. The second-order valence-electron chi connectivity index (χ2n) is 9.24. The molecule has 1 aromatic heterocycles. The fourth-order valence-electron chi connectivity index (χ4n) is 4.82. The number of nitro benzene ring substituents is 1. The van der Waals surface area contributed by atoms with Crippen LogP contribution in [0.1, 0.15) is 40.7 Å². The number of para-hydroxylation sites is 1. The lowest BCUT2D eigenvalue weighted by Gasteiger charge is -2.28. The second kappa shape index (κ2) is 10.2. The van der Waals surface area contributed by atoms with Gasteiger partial charge in [-0.25, -0.2) is 0 Å².